The first-order valence-corrected chi connectivity index (χ1v) is 11.1. The summed E-state index contributed by atoms with van der Waals surface area (Å²) in [6, 6.07) is 6.95. The van der Waals surface area contributed by atoms with E-state index in [4.69, 9.17) is 14.9 Å². The van der Waals surface area contributed by atoms with Crippen LogP contribution in [0.2, 0.25) is 0 Å². The van der Waals surface area contributed by atoms with E-state index in [1.807, 2.05) is 26.8 Å². The van der Waals surface area contributed by atoms with Gasteiger partial charge in [0.05, 0.1) is 5.56 Å². The van der Waals surface area contributed by atoms with E-state index in [1.54, 1.807) is 23.1 Å². The zero-order valence-corrected chi connectivity index (χ0v) is 19.1. The highest BCUT2D eigenvalue weighted by Crippen LogP contribution is 2.14. The van der Waals surface area contributed by atoms with Gasteiger partial charge < -0.3 is 19.8 Å². The summed E-state index contributed by atoms with van der Waals surface area (Å²) in [5.41, 5.74) is 0.713. The number of rotatable bonds is 14. The molecule has 0 bridgehead atoms. The summed E-state index contributed by atoms with van der Waals surface area (Å²) >= 11 is 0. The van der Waals surface area contributed by atoms with Crippen molar-refractivity contribution >= 4 is 18.0 Å². The third-order valence-electron chi connectivity index (χ3n) is 4.79. The molecule has 0 saturated heterocycles. The molecule has 0 aliphatic carbocycles. The second-order valence-corrected chi connectivity index (χ2v) is 8.84. The van der Waals surface area contributed by atoms with Crippen LogP contribution >= 0.6 is 0 Å². The SMILES string of the molecule is CC(C)(C)OC(=O)N(CCCCCCCC(=O)O)CCCCc1cccc(C(=O)O)c1. The van der Waals surface area contributed by atoms with Gasteiger partial charge in [0.1, 0.15) is 5.60 Å². The van der Waals surface area contributed by atoms with E-state index in [-0.39, 0.29) is 18.1 Å². The number of carbonyl (C=O) groups excluding carboxylic acids is 1. The molecular formula is C24H37NO6. The molecule has 0 radical (unpaired) electrons. The number of hydrogen-bond donors (Lipinski definition) is 2. The molecule has 1 aromatic carbocycles. The summed E-state index contributed by atoms with van der Waals surface area (Å²) in [6.45, 7) is 6.75. The lowest BCUT2D eigenvalue weighted by Gasteiger charge is -2.27. The van der Waals surface area contributed by atoms with Gasteiger partial charge in [0.15, 0.2) is 0 Å². The first-order valence-electron chi connectivity index (χ1n) is 11.1. The number of unbranched alkanes of at least 4 members (excludes halogenated alkanes) is 5. The Bertz CT molecular complexity index is 710. The maximum absolute atomic E-state index is 12.6. The third kappa shape index (κ3) is 12.7. The quantitative estimate of drug-likeness (QED) is 0.381. The van der Waals surface area contributed by atoms with Gasteiger partial charge in [-0.25, -0.2) is 9.59 Å². The van der Waals surface area contributed by atoms with Crippen LogP contribution in [0.25, 0.3) is 0 Å². The standard InChI is InChI=1S/C24H37NO6/c1-24(2,3)31-23(30)25(16-9-6-4-5-7-15-21(26)27)17-10-8-12-19-13-11-14-20(18-19)22(28)29/h11,13-14,18H,4-10,12,15-17H2,1-3H3,(H,26,27)(H,28,29). The normalized spacial score (nSPS) is 11.2. The van der Waals surface area contributed by atoms with Crippen molar-refractivity contribution in [3.05, 3.63) is 35.4 Å². The highest BCUT2D eigenvalue weighted by atomic mass is 16.6. The van der Waals surface area contributed by atoms with E-state index in [0.29, 0.717) is 19.5 Å². The lowest BCUT2D eigenvalue weighted by molar-refractivity contribution is -0.137. The fraction of sp³-hybridized carbons (Fsp3) is 0.625. The van der Waals surface area contributed by atoms with Crippen molar-refractivity contribution in [2.75, 3.05) is 13.1 Å². The molecule has 0 heterocycles. The topological polar surface area (TPSA) is 104 Å². The van der Waals surface area contributed by atoms with Crippen molar-refractivity contribution in [1.29, 1.82) is 0 Å². The average molecular weight is 436 g/mol. The van der Waals surface area contributed by atoms with Gasteiger partial charge in [0.2, 0.25) is 0 Å². The Hall–Kier alpha value is -2.57. The Balaban J connectivity index is 2.45. The Labute approximate surface area is 185 Å². The van der Waals surface area contributed by atoms with Crippen molar-refractivity contribution in [3.8, 4) is 0 Å². The number of hydrogen-bond acceptors (Lipinski definition) is 4. The number of benzene rings is 1. The zero-order valence-electron chi connectivity index (χ0n) is 19.1. The minimum Gasteiger partial charge on any atom is -0.481 e. The number of carboxylic acid groups (broad SMARTS) is 2. The molecule has 0 aliphatic rings. The van der Waals surface area contributed by atoms with Crippen LogP contribution in [0.5, 0.6) is 0 Å². The van der Waals surface area contributed by atoms with Crippen molar-refractivity contribution in [2.45, 2.75) is 84.2 Å². The van der Waals surface area contributed by atoms with Gasteiger partial charge >= 0.3 is 18.0 Å². The lowest BCUT2D eigenvalue weighted by atomic mass is 10.1. The fourth-order valence-corrected chi connectivity index (χ4v) is 3.22. The summed E-state index contributed by atoms with van der Waals surface area (Å²) in [5, 5.41) is 17.8. The van der Waals surface area contributed by atoms with E-state index in [2.05, 4.69) is 0 Å². The van der Waals surface area contributed by atoms with Crippen molar-refractivity contribution in [1.82, 2.24) is 4.90 Å². The van der Waals surface area contributed by atoms with E-state index >= 15 is 0 Å². The number of aromatic carboxylic acids is 1. The fourth-order valence-electron chi connectivity index (χ4n) is 3.22. The van der Waals surface area contributed by atoms with Crippen LogP contribution in [0.4, 0.5) is 4.79 Å². The van der Waals surface area contributed by atoms with Crippen LogP contribution in [-0.4, -0.2) is 51.8 Å². The molecule has 0 atom stereocenters. The summed E-state index contributed by atoms with van der Waals surface area (Å²) in [4.78, 5) is 35.9. The van der Waals surface area contributed by atoms with Crippen LogP contribution in [0.1, 0.15) is 88.1 Å². The van der Waals surface area contributed by atoms with Crippen LogP contribution in [0.3, 0.4) is 0 Å². The van der Waals surface area contributed by atoms with Gasteiger partial charge in [0, 0.05) is 19.5 Å². The summed E-state index contributed by atoms with van der Waals surface area (Å²) in [5.74, 6) is -1.69. The van der Waals surface area contributed by atoms with E-state index in [9.17, 15) is 14.4 Å². The summed E-state index contributed by atoms with van der Waals surface area (Å²) in [6.07, 6.45) is 6.62. The van der Waals surface area contributed by atoms with E-state index in [0.717, 1.165) is 50.5 Å². The molecule has 0 fully saturated rings. The Morgan fingerprint density at radius 1 is 0.903 bits per heavy atom. The van der Waals surface area contributed by atoms with Crippen LogP contribution in [0.15, 0.2) is 24.3 Å². The Kier molecular flexibility index (Phi) is 11.7. The molecule has 7 nitrogen and oxygen atoms in total. The third-order valence-corrected chi connectivity index (χ3v) is 4.79. The Morgan fingerprint density at radius 3 is 2.13 bits per heavy atom. The highest BCUT2D eigenvalue weighted by molar-refractivity contribution is 5.87. The van der Waals surface area contributed by atoms with Crippen molar-refractivity contribution in [3.63, 3.8) is 0 Å². The number of carbonyl (C=O) groups is 3. The lowest BCUT2D eigenvalue weighted by Crippen LogP contribution is -2.38. The number of aliphatic carboxylic acids is 1. The predicted molar refractivity (Wildman–Crippen MR) is 119 cm³/mol. The molecule has 0 aromatic heterocycles. The van der Waals surface area contributed by atoms with E-state index in [1.165, 1.54) is 0 Å². The average Bonchev–Trinajstić information content (AvgIpc) is 2.67. The summed E-state index contributed by atoms with van der Waals surface area (Å²) < 4.78 is 5.54. The molecule has 0 unspecified atom stereocenters. The second kappa shape index (κ2) is 13.7. The van der Waals surface area contributed by atoms with Crippen LogP contribution in [0, 0.1) is 0 Å². The molecule has 31 heavy (non-hydrogen) atoms. The molecular weight excluding hydrogens is 398 g/mol. The smallest absolute Gasteiger partial charge is 0.410 e. The van der Waals surface area contributed by atoms with Crippen LogP contribution in [-0.2, 0) is 16.0 Å². The molecule has 174 valence electrons. The highest BCUT2D eigenvalue weighted by Gasteiger charge is 2.21. The predicted octanol–water partition coefficient (Wildman–Crippen LogP) is 5.37. The molecule has 2 N–H and O–H groups in total. The van der Waals surface area contributed by atoms with Crippen LogP contribution < -0.4 is 0 Å². The molecule has 7 heteroatoms. The van der Waals surface area contributed by atoms with Gasteiger partial charge in [0.25, 0.3) is 0 Å². The van der Waals surface area contributed by atoms with Crippen molar-refractivity contribution in [2.24, 2.45) is 0 Å². The van der Waals surface area contributed by atoms with Crippen molar-refractivity contribution < 1.29 is 29.3 Å². The number of amides is 1. The number of carboxylic acids is 2. The molecule has 0 saturated carbocycles. The largest absolute Gasteiger partial charge is 0.481 e. The minimum absolute atomic E-state index is 0.208. The number of nitrogens with zero attached hydrogens (tertiary/aromatic N) is 1. The van der Waals surface area contributed by atoms with Gasteiger partial charge in [-0.15, -0.1) is 0 Å². The zero-order chi connectivity index (χ0) is 23.3. The number of ether oxygens (including phenoxy) is 1. The molecule has 1 aromatic rings. The van der Waals surface area contributed by atoms with Gasteiger partial charge in [-0.05, 0) is 70.6 Å². The first kappa shape index (κ1) is 26.5. The molecule has 0 aliphatic heterocycles. The first-order chi connectivity index (χ1) is 14.6. The maximum Gasteiger partial charge on any atom is 0.410 e. The van der Waals surface area contributed by atoms with Gasteiger partial charge in [-0.3, -0.25) is 4.79 Å². The Morgan fingerprint density at radius 2 is 1.52 bits per heavy atom. The molecule has 1 amide bonds. The van der Waals surface area contributed by atoms with Gasteiger partial charge in [-0.1, -0.05) is 31.4 Å². The second-order valence-electron chi connectivity index (χ2n) is 8.84. The minimum atomic E-state index is -0.930. The molecule has 1 rings (SSSR count). The molecule has 0 spiro atoms. The van der Waals surface area contributed by atoms with E-state index < -0.39 is 17.5 Å². The van der Waals surface area contributed by atoms with Gasteiger partial charge in [-0.2, -0.15) is 0 Å². The summed E-state index contributed by atoms with van der Waals surface area (Å²) in [7, 11) is 0. The maximum atomic E-state index is 12.6. The number of aryl methyl sites for hydroxylation is 1. The monoisotopic (exact) mass is 435 g/mol.